The molecule has 2 unspecified atom stereocenters. The van der Waals surface area contributed by atoms with Gasteiger partial charge >= 0.3 is 6.03 Å². The second-order valence-electron chi connectivity index (χ2n) is 9.06. The van der Waals surface area contributed by atoms with E-state index < -0.39 is 18.2 Å². The Hall–Kier alpha value is -3.75. The largest absolute Gasteiger partial charge is 0.457 e. The Kier molecular flexibility index (Phi) is 5.93. The Morgan fingerprint density at radius 2 is 1.57 bits per heavy atom. The van der Waals surface area contributed by atoms with E-state index in [0.29, 0.717) is 34.7 Å². The molecule has 0 aromatic heterocycles. The van der Waals surface area contributed by atoms with Crippen molar-refractivity contribution < 1.29 is 14.3 Å². The van der Waals surface area contributed by atoms with Gasteiger partial charge in [-0.2, -0.15) is 0 Å². The number of imide groups is 1. The van der Waals surface area contributed by atoms with E-state index in [1.165, 1.54) is 9.80 Å². The molecule has 2 saturated heterocycles. The maximum Gasteiger partial charge on any atom is 0.328 e. The zero-order valence-corrected chi connectivity index (χ0v) is 21.4. The van der Waals surface area contributed by atoms with Crippen molar-refractivity contribution in [2.45, 2.75) is 18.8 Å². The van der Waals surface area contributed by atoms with Crippen LogP contribution in [0.5, 0.6) is 11.5 Å². The summed E-state index contributed by atoms with van der Waals surface area (Å²) in [6.45, 7) is 1.28. The minimum Gasteiger partial charge on any atom is -0.457 e. The standard InChI is InChI=1S/C27H23Cl2N5O3/c1-31-24-23(25(35)34(27(31)36)16-20-21(28)8-5-9-22(20)29)33-15-14-32(26(33)30-24)17-10-12-19(13-11-17)37-18-6-3-2-4-7-18/h2-13,23-24H,14-16H2,1H3. The number of hydrogen-bond donors (Lipinski definition) is 0. The number of carbonyl (C=O) groups excluding carboxylic acids is 2. The molecular formula is C27H23Cl2N5O3. The first kappa shape index (κ1) is 23.6. The highest BCUT2D eigenvalue weighted by atomic mass is 35.5. The molecule has 3 aliphatic rings. The summed E-state index contributed by atoms with van der Waals surface area (Å²) < 4.78 is 5.90. The topological polar surface area (TPSA) is 68.7 Å². The first-order valence-electron chi connectivity index (χ1n) is 11.9. The van der Waals surface area contributed by atoms with Crippen molar-refractivity contribution in [3.05, 3.63) is 88.4 Å². The molecule has 0 spiro atoms. The summed E-state index contributed by atoms with van der Waals surface area (Å²) in [7, 11) is 1.67. The van der Waals surface area contributed by atoms with E-state index in [1.807, 2.05) is 59.5 Å². The molecule has 10 heteroatoms. The van der Waals surface area contributed by atoms with Gasteiger partial charge in [-0.05, 0) is 48.5 Å². The fourth-order valence-electron chi connectivity index (χ4n) is 4.99. The van der Waals surface area contributed by atoms with Gasteiger partial charge in [0.25, 0.3) is 5.91 Å². The lowest BCUT2D eigenvalue weighted by Gasteiger charge is -2.40. The molecule has 3 aliphatic heterocycles. The Morgan fingerprint density at radius 1 is 0.892 bits per heavy atom. The molecule has 0 aliphatic carbocycles. The third-order valence-electron chi connectivity index (χ3n) is 6.88. The molecule has 0 radical (unpaired) electrons. The van der Waals surface area contributed by atoms with E-state index in [2.05, 4.69) is 4.90 Å². The molecule has 3 aromatic rings. The van der Waals surface area contributed by atoms with Crippen LogP contribution in [0.15, 0.2) is 77.8 Å². The summed E-state index contributed by atoms with van der Waals surface area (Å²) >= 11 is 12.7. The van der Waals surface area contributed by atoms with Crippen LogP contribution < -0.4 is 9.64 Å². The summed E-state index contributed by atoms with van der Waals surface area (Å²) in [6.07, 6.45) is -0.601. The lowest BCUT2D eigenvalue weighted by Crippen LogP contribution is -2.64. The molecule has 6 rings (SSSR count). The molecule has 2 atom stereocenters. The zero-order valence-electron chi connectivity index (χ0n) is 19.9. The van der Waals surface area contributed by atoms with Gasteiger partial charge in [0, 0.05) is 41.4 Å². The third kappa shape index (κ3) is 4.06. The van der Waals surface area contributed by atoms with Gasteiger partial charge in [0.1, 0.15) is 11.5 Å². The number of carbonyl (C=O) groups is 2. The van der Waals surface area contributed by atoms with Crippen LogP contribution in [-0.4, -0.2) is 64.9 Å². The molecule has 0 N–H and O–H groups in total. The highest BCUT2D eigenvalue weighted by Crippen LogP contribution is 2.35. The Bertz CT molecular complexity index is 1380. The van der Waals surface area contributed by atoms with Crippen LogP contribution in [0.1, 0.15) is 5.56 Å². The average Bonchev–Trinajstić information content (AvgIpc) is 3.48. The minimum atomic E-state index is -0.607. The van der Waals surface area contributed by atoms with Crippen LogP contribution >= 0.6 is 23.2 Å². The predicted molar refractivity (Wildman–Crippen MR) is 142 cm³/mol. The molecule has 3 amide bonds. The molecule has 188 valence electrons. The maximum atomic E-state index is 13.6. The van der Waals surface area contributed by atoms with Crippen molar-refractivity contribution in [3.63, 3.8) is 0 Å². The van der Waals surface area contributed by atoms with Crippen molar-refractivity contribution in [2.75, 3.05) is 25.0 Å². The predicted octanol–water partition coefficient (Wildman–Crippen LogP) is 5.07. The fraction of sp³-hybridized carbons (Fsp3) is 0.222. The molecule has 3 heterocycles. The van der Waals surface area contributed by atoms with E-state index in [0.717, 1.165) is 17.2 Å². The summed E-state index contributed by atoms with van der Waals surface area (Å²) in [4.78, 5) is 38.4. The first-order valence-corrected chi connectivity index (χ1v) is 12.6. The minimum absolute atomic E-state index is 0.000499. The van der Waals surface area contributed by atoms with Gasteiger partial charge in [-0.25, -0.2) is 9.79 Å². The van der Waals surface area contributed by atoms with Gasteiger partial charge in [-0.15, -0.1) is 0 Å². The van der Waals surface area contributed by atoms with E-state index in [9.17, 15) is 9.59 Å². The van der Waals surface area contributed by atoms with Crippen LogP contribution in [0.2, 0.25) is 10.0 Å². The number of amides is 3. The highest BCUT2D eigenvalue weighted by Gasteiger charge is 2.54. The lowest BCUT2D eigenvalue weighted by atomic mass is 10.1. The maximum absolute atomic E-state index is 13.6. The van der Waals surface area contributed by atoms with Gasteiger partial charge in [-0.1, -0.05) is 47.5 Å². The van der Waals surface area contributed by atoms with Crippen LogP contribution in [0.3, 0.4) is 0 Å². The molecule has 37 heavy (non-hydrogen) atoms. The number of halogens is 2. The summed E-state index contributed by atoms with van der Waals surface area (Å²) in [5, 5.41) is 0.821. The third-order valence-corrected chi connectivity index (χ3v) is 7.59. The number of likely N-dealkylation sites (N-methyl/N-ethyl adjacent to an activating group) is 1. The monoisotopic (exact) mass is 535 g/mol. The SMILES string of the molecule is CN1C(=O)N(Cc2c(Cl)cccc2Cl)C(=O)C2C1N=C1N(c3ccc(Oc4ccccc4)cc3)CCN12. The van der Waals surface area contributed by atoms with Crippen molar-refractivity contribution in [2.24, 2.45) is 4.99 Å². The Balaban J connectivity index is 1.23. The number of fused-ring (bicyclic) bond motifs is 3. The van der Waals surface area contributed by atoms with Crippen LogP contribution in [-0.2, 0) is 11.3 Å². The van der Waals surface area contributed by atoms with Crippen LogP contribution in [0, 0.1) is 0 Å². The smallest absolute Gasteiger partial charge is 0.328 e. The first-order chi connectivity index (χ1) is 17.9. The van der Waals surface area contributed by atoms with E-state index in [-0.39, 0.29) is 12.5 Å². The van der Waals surface area contributed by atoms with Gasteiger partial charge < -0.3 is 19.4 Å². The Labute approximate surface area is 224 Å². The van der Waals surface area contributed by atoms with Crippen molar-refractivity contribution in [3.8, 4) is 11.5 Å². The number of urea groups is 1. The molecule has 0 bridgehead atoms. The second-order valence-corrected chi connectivity index (χ2v) is 9.87. The average molecular weight is 536 g/mol. The van der Waals surface area contributed by atoms with Gasteiger partial charge in [0.2, 0.25) is 5.96 Å². The van der Waals surface area contributed by atoms with E-state index in [1.54, 1.807) is 25.2 Å². The number of benzene rings is 3. The number of ether oxygens (including phenoxy) is 1. The summed E-state index contributed by atoms with van der Waals surface area (Å²) in [5.41, 5.74) is 1.47. The van der Waals surface area contributed by atoms with Crippen molar-refractivity contribution in [1.29, 1.82) is 0 Å². The quantitative estimate of drug-likeness (QED) is 0.456. The number of para-hydroxylation sites is 1. The number of hydrogen-bond acceptors (Lipinski definition) is 6. The van der Waals surface area contributed by atoms with Gasteiger partial charge in [0.15, 0.2) is 12.2 Å². The van der Waals surface area contributed by atoms with Crippen molar-refractivity contribution in [1.82, 2.24) is 14.7 Å². The summed E-state index contributed by atoms with van der Waals surface area (Å²) in [5.74, 6) is 1.86. The molecule has 2 fully saturated rings. The zero-order chi connectivity index (χ0) is 25.7. The number of anilines is 1. The van der Waals surface area contributed by atoms with Crippen LogP contribution in [0.4, 0.5) is 10.5 Å². The molecular weight excluding hydrogens is 513 g/mol. The molecule has 3 aromatic carbocycles. The number of aliphatic imine (C=N–C) groups is 1. The number of rotatable bonds is 5. The normalized spacial score (nSPS) is 20.8. The Morgan fingerprint density at radius 3 is 2.27 bits per heavy atom. The van der Waals surface area contributed by atoms with E-state index in [4.69, 9.17) is 32.9 Å². The van der Waals surface area contributed by atoms with Gasteiger partial charge in [-0.3, -0.25) is 9.69 Å². The van der Waals surface area contributed by atoms with Crippen molar-refractivity contribution >= 4 is 46.8 Å². The second kappa shape index (κ2) is 9.28. The lowest BCUT2D eigenvalue weighted by molar-refractivity contribution is -0.137. The fourth-order valence-corrected chi connectivity index (χ4v) is 5.50. The highest BCUT2D eigenvalue weighted by molar-refractivity contribution is 6.36. The molecule has 8 nitrogen and oxygen atoms in total. The molecule has 0 saturated carbocycles. The van der Waals surface area contributed by atoms with Crippen LogP contribution in [0.25, 0.3) is 0 Å². The van der Waals surface area contributed by atoms with Gasteiger partial charge in [0.05, 0.1) is 6.54 Å². The van der Waals surface area contributed by atoms with E-state index >= 15 is 0 Å². The number of nitrogens with zero attached hydrogens (tertiary/aromatic N) is 5. The number of guanidine groups is 1. The summed E-state index contributed by atoms with van der Waals surface area (Å²) in [6, 6.07) is 21.4.